The Morgan fingerprint density at radius 1 is 1.40 bits per heavy atom. The molecule has 0 aliphatic heterocycles. The Morgan fingerprint density at radius 2 is 2.07 bits per heavy atom. The number of aliphatic hydroxyl groups excluding tert-OH is 1. The SMILES string of the molecule is C=C[C@H](O)c1cc(OC)cc(OC)c1Br. The predicted octanol–water partition coefficient (Wildman–Crippen LogP) is 2.69. The highest BCUT2D eigenvalue weighted by Crippen LogP contribution is 2.36. The molecule has 0 saturated carbocycles. The van der Waals surface area contributed by atoms with E-state index in [9.17, 15) is 5.11 Å². The number of hydrogen-bond acceptors (Lipinski definition) is 3. The van der Waals surface area contributed by atoms with Crippen molar-refractivity contribution in [2.24, 2.45) is 0 Å². The van der Waals surface area contributed by atoms with Crippen LogP contribution >= 0.6 is 15.9 Å². The summed E-state index contributed by atoms with van der Waals surface area (Å²) in [5, 5.41) is 9.69. The average molecular weight is 273 g/mol. The van der Waals surface area contributed by atoms with E-state index in [0.717, 1.165) is 0 Å². The fraction of sp³-hybridized carbons (Fsp3) is 0.273. The highest BCUT2D eigenvalue weighted by Gasteiger charge is 2.14. The van der Waals surface area contributed by atoms with Gasteiger partial charge in [0.05, 0.1) is 24.8 Å². The van der Waals surface area contributed by atoms with Gasteiger partial charge in [-0.2, -0.15) is 0 Å². The molecule has 0 heterocycles. The van der Waals surface area contributed by atoms with Crippen molar-refractivity contribution in [2.45, 2.75) is 6.10 Å². The minimum absolute atomic E-state index is 0.616. The zero-order valence-electron chi connectivity index (χ0n) is 8.66. The molecule has 0 saturated heterocycles. The van der Waals surface area contributed by atoms with Crippen LogP contribution in [0.2, 0.25) is 0 Å². The molecule has 3 nitrogen and oxygen atoms in total. The van der Waals surface area contributed by atoms with Gasteiger partial charge in [-0.3, -0.25) is 0 Å². The number of rotatable bonds is 4. The summed E-state index contributed by atoms with van der Waals surface area (Å²) >= 11 is 3.36. The Morgan fingerprint density at radius 3 is 2.53 bits per heavy atom. The summed E-state index contributed by atoms with van der Waals surface area (Å²) in [4.78, 5) is 0. The van der Waals surface area contributed by atoms with Crippen LogP contribution in [0.15, 0.2) is 29.3 Å². The molecule has 0 amide bonds. The molecule has 0 radical (unpaired) electrons. The molecule has 1 aromatic carbocycles. The maximum absolute atomic E-state index is 9.69. The van der Waals surface area contributed by atoms with Gasteiger partial charge in [0.25, 0.3) is 0 Å². The number of ether oxygens (including phenoxy) is 2. The summed E-state index contributed by atoms with van der Waals surface area (Å²) in [6, 6.07) is 3.47. The molecule has 0 aromatic heterocycles. The van der Waals surface area contributed by atoms with Gasteiger partial charge in [0.2, 0.25) is 0 Å². The number of halogens is 1. The quantitative estimate of drug-likeness (QED) is 0.857. The standard InChI is InChI=1S/C11H13BrO3/c1-4-9(13)8-5-7(14-2)6-10(15-3)11(8)12/h4-6,9,13H,1H2,2-3H3/t9-/m0/s1. The van der Waals surface area contributed by atoms with Gasteiger partial charge in [-0.15, -0.1) is 6.58 Å². The minimum atomic E-state index is -0.747. The van der Waals surface area contributed by atoms with Gasteiger partial charge in [0, 0.05) is 11.6 Å². The Kier molecular flexibility index (Phi) is 4.17. The maximum atomic E-state index is 9.69. The summed E-state index contributed by atoms with van der Waals surface area (Å²) in [6.45, 7) is 3.54. The molecule has 15 heavy (non-hydrogen) atoms. The average Bonchev–Trinajstić information content (AvgIpc) is 2.28. The van der Waals surface area contributed by atoms with Crippen LogP contribution in [-0.4, -0.2) is 19.3 Å². The maximum Gasteiger partial charge on any atom is 0.137 e. The Hall–Kier alpha value is -1.00. The molecule has 1 aromatic rings. The van der Waals surface area contributed by atoms with E-state index >= 15 is 0 Å². The van der Waals surface area contributed by atoms with Crippen LogP contribution in [0.4, 0.5) is 0 Å². The molecule has 0 spiro atoms. The largest absolute Gasteiger partial charge is 0.497 e. The lowest BCUT2D eigenvalue weighted by molar-refractivity contribution is 0.227. The number of benzene rings is 1. The number of hydrogen-bond donors (Lipinski definition) is 1. The van der Waals surface area contributed by atoms with Crippen LogP contribution in [0.5, 0.6) is 11.5 Å². The Balaban J connectivity index is 3.29. The monoisotopic (exact) mass is 272 g/mol. The van der Waals surface area contributed by atoms with Crippen LogP contribution in [0.25, 0.3) is 0 Å². The topological polar surface area (TPSA) is 38.7 Å². The van der Waals surface area contributed by atoms with Crippen molar-refractivity contribution < 1.29 is 14.6 Å². The van der Waals surface area contributed by atoms with E-state index in [1.54, 1.807) is 26.4 Å². The smallest absolute Gasteiger partial charge is 0.137 e. The van der Waals surface area contributed by atoms with Crippen molar-refractivity contribution in [3.8, 4) is 11.5 Å². The second kappa shape index (κ2) is 5.19. The van der Waals surface area contributed by atoms with Crippen molar-refractivity contribution >= 4 is 15.9 Å². The van der Waals surface area contributed by atoms with Crippen LogP contribution in [-0.2, 0) is 0 Å². The second-order valence-electron chi connectivity index (χ2n) is 2.91. The Bertz CT molecular complexity index is 363. The number of methoxy groups -OCH3 is 2. The lowest BCUT2D eigenvalue weighted by Crippen LogP contribution is -1.98. The van der Waals surface area contributed by atoms with Gasteiger partial charge in [0.1, 0.15) is 11.5 Å². The van der Waals surface area contributed by atoms with Crippen molar-refractivity contribution in [1.29, 1.82) is 0 Å². The first-order valence-corrected chi connectivity index (χ1v) is 5.15. The molecule has 0 aliphatic rings. The zero-order valence-corrected chi connectivity index (χ0v) is 10.2. The molecule has 1 atom stereocenters. The highest BCUT2D eigenvalue weighted by molar-refractivity contribution is 9.10. The van der Waals surface area contributed by atoms with E-state index < -0.39 is 6.10 Å². The first kappa shape index (κ1) is 12.1. The zero-order chi connectivity index (χ0) is 11.4. The third-order valence-corrected chi connectivity index (χ3v) is 2.89. The third-order valence-electron chi connectivity index (χ3n) is 2.04. The van der Waals surface area contributed by atoms with Crippen LogP contribution in [0.3, 0.4) is 0 Å². The molecule has 1 rings (SSSR count). The Labute approximate surface area is 97.5 Å². The first-order chi connectivity index (χ1) is 7.13. The molecule has 1 N–H and O–H groups in total. The fourth-order valence-electron chi connectivity index (χ4n) is 1.20. The molecule has 0 aliphatic carbocycles. The minimum Gasteiger partial charge on any atom is -0.497 e. The number of aliphatic hydroxyl groups is 1. The van der Waals surface area contributed by atoms with E-state index in [-0.39, 0.29) is 0 Å². The molecule has 0 bridgehead atoms. The molecular formula is C11H13BrO3. The summed E-state index contributed by atoms with van der Waals surface area (Å²) < 4.78 is 11.0. The molecule has 4 heteroatoms. The molecular weight excluding hydrogens is 260 g/mol. The predicted molar refractivity (Wildman–Crippen MR) is 62.4 cm³/mol. The summed E-state index contributed by atoms with van der Waals surface area (Å²) in [6.07, 6.45) is 0.697. The van der Waals surface area contributed by atoms with Gasteiger partial charge in [0.15, 0.2) is 0 Å². The van der Waals surface area contributed by atoms with Gasteiger partial charge in [-0.1, -0.05) is 6.08 Å². The lowest BCUT2D eigenvalue weighted by atomic mass is 10.1. The highest BCUT2D eigenvalue weighted by atomic mass is 79.9. The third kappa shape index (κ3) is 2.52. The van der Waals surface area contributed by atoms with E-state index in [4.69, 9.17) is 9.47 Å². The lowest BCUT2D eigenvalue weighted by Gasteiger charge is -2.13. The first-order valence-electron chi connectivity index (χ1n) is 4.36. The summed E-state index contributed by atoms with van der Waals surface area (Å²) in [7, 11) is 3.12. The van der Waals surface area contributed by atoms with E-state index in [1.807, 2.05) is 0 Å². The molecule has 0 unspecified atom stereocenters. The van der Waals surface area contributed by atoms with Crippen LogP contribution in [0, 0.1) is 0 Å². The van der Waals surface area contributed by atoms with Gasteiger partial charge in [-0.05, 0) is 22.0 Å². The normalized spacial score (nSPS) is 12.0. The van der Waals surface area contributed by atoms with Crippen LogP contribution < -0.4 is 9.47 Å². The van der Waals surface area contributed by atoms with Crippen molar-refractivity contribution in [3.63, 3.8) is 0 Å². The summed E-state index contributed by atoms with van der Waals surface area (Å²) in [5.41, 5.74) is 0.668. The van der Waals surface area contributed by atoms with E-state index in [2.05, 4.69) is 22.5 Å². The van der Waals surface area contributed by atoms with Crippen molar-refractivity contribution in [2.75, 3.05) is 14.2 Å². The summed E-state index contributed by atoms with van der Waals surface area (Å²) in [5.74, 6) is 1.25. The van der Waals surface area contributed by atoms with Gasteiger partial charge >= 0.3 is 0 Å². The second-order valence-corrected chi connectivity index (χ2v) is 3.71. The van der Waals surface area contributed by atoms with Crippen LogP contribution in [0.1, 0.15) is 11.7 Å². The van der Waals surface area contributed by atoms with Gasteiger partial charge in [-0.25, -0.2) is 0 Å². The van der Waals surface area contributed by atoms with Crippen molar-refractivity contribution in [1.82, 2.24) is 0 Å². The van der Waals surface area contributed by atoms with E-state index in [0.29, 0.717) is 21.5 Å². The van der Waals surface area contributed by atoms with Crippen molar-refractivity contribution in [3.05, 3.63) is 34.8 Å². The fourth-order valence-corrected chi connectivity index (χ4v) is 1.83. The molecule has 82 valence electrons. The van der Waals surface area contributed by atoms with E-state index in [1.165, 1.54) is 6.08 Å². The molecule has 0 fully saturated rings. The van der Waals surface area contributed by atoms with Gasteiger partial charge < -0.3 is 14.6 Å².